The molecule has 2 heterocycles. The quantitative estimate of drug-likeness (QED) is 0.644. The average molecular weight is 344 g/mol. The van der Waals surface area contributed by atoms with E-state index < -0.39 is 10.0 Å². The van der Waals surface area contributed by atoms with Crippen LogP contribution in [0.5, 0.6) is 0 Å². The molecule has 0 aliphatic rings. The van der Waals surface area contributed by atoms with Crippen LogP contribution in [-0.2, 0) is 16.4 Å². The van der Waals surface area contributed by atoms with Crippen molar-refractivity contribution in [1.29, 1.82) is 0 Å². The van der Waals surface area contributed by atoms with Crippen molar-refractivity contribution < 1.29 is 13.5 Å². The van der Waals surface area contributed by atoms with Crippen molar-refractivity contribution >= 4 is 10.0 Å². The van der Waals surface area contributed by atoms with E-state index in [9.17, 15) is 13.5 Å². The van der Waals surface area contributed by atoms with E-state index >= 15 is 0 Å². The highest BCUT2D eigenvalue weighted by molar-refractivity contribution is 7.89. The monoisotopic (exact) mass is 344 g/mol. The summed E-state index contributed by atoms with van der Waals surface area (Å²) < 4.78 is 22.8. The number of nitrogens with one attached hydrogen (secondary N) is 1. The first-order valence-corrected chi connectivity index (χ1v) is 8.77. The highest BCUT2D eigenvalue weighted by Gasteiger charge is 2.17. The van der Waals surface area contributed by atoms with E-state index in [2.05, 4.69) is 15.2 Å². The van der Waals surface area contributed by atoms with E-state index in [-0.39, 0.29) is 11.5 Å². The molecule has 2 aromatic heterocycles. The lowest BCUT2D eigenvalue weighted by Gasteiger charge is -2.06. The minimum Gasteiger partial charge on any atom is -0.396 e. The van der Waals surface area contributed by atoms with Gasteiger partial charge in [0.15, 0.2) is 0 Å². The normalized spacial score (nSPS) is 11.6. The van der Waals surface area contributed by atoms with Crippen molar-refractivity contribution in [3.05, 3.63) is 54.5 Å². The van der Waals surface area contributed by atoms with Gasteiger partial charge in [-0.15, -0.1) is 0 Å². The molecular formula is C16H16N4O3S. The molecule has 24 heavy (non-hydrogen) atoms. The summed E-state index contributed by atoms with van der Waals surface area (Å²) >= 11 is 0. The number of rotatable bonds is 5. The third-order valence-electron chi connectivity index (χ3n) is 3.63. The van der Waals surface area contributed by atoms with Crippen LogP contribution in [0.2, 0.25) is 0 Å². The van der Waals surface area contributed by atoms with Crippen LogP contribution in [0.25, 0.3) is 22.4 Å². The first-order chi connectivity index (χ1) is 11.5. The Morgan fingerprint density at radius 2 is 1.71 bits per heavy atom. The standard InChI is InChI=1S/C16H16N4O3S/c17-24(22,23)13-3-1-12(2-4-13)16-15(11-5-8-18-9-6-11)14(7-10-21)19-20-16/h1-6,8-9,21H,7,10H2,(H,19,20)(H2,17,22,23). The van der Waals surface area contributed by atoms with Gasteiger partial charge in [0.1, 0.15) is 5.69 Å². The number of H-pyrrole nitrogens is 1. The van der Waals surface area contributed by atoms with Gasteiger partial charge in [0, 0.05) is 42.2 Å². The van der Waals surface area contributed by atoms with Gasteiger partial charge >= 0.3 is 0 Å². The van der Waals surface area contributed by atoms with Crippen LogP contribution in [0.15, 0.2) is 53.7 Å². The van der Waals surface area contributed by atoms with E-state index in [0.29, 0.717) is 12.1 Å². The summed E-state index contributed by atoms with van der Waals surface area (Å²) in [5, 5.41) is 21.7. The molecule has 0 spiro atoms. The van der Waals surface area contributed by atoms with Crippen molar-refractivity contribution in [1.82, 2.24) is 15.2 Å². The number of aliphatic hydroxyl groups excluding tert-OH is 1. The summed E-state index contributed by atoms with van der Waals surface area (Å²) in [5.41, 5.74) is 3.98. The third-order valence-corrected chi connectivity index (χ3v) is 4.56. The first-order valence-electron chi connectivity index (χ1n) is 7.22. The van der Waals surface area contributed by atoms with E-state index in [1.165, 1.54) is 12.1 Å². The van der Waals surface area contributed by atoms with E-state index in [4.69, 9.17) is 5.14 Å². The lowest BCUT2D eigenvalue weighted by molar-refractivity contribution is 0.298. The summed E-state index contributed by atoms with van der Waals surface area (Å²) in [7, 11) is -3.74. The third kappa shape index (κ3) is 3.21. The number of aliphatic hydroxyl groups is 1. The molecule has 4 N–H and O–H groups in total. The topological polar surface area (TPSA) is 122 Å². The molecule has 0 bridgehead atoms. The Kier molecular flexibility index (Phi) is 4.43. The number of benzene rings is 1. The molecule has 0 atom stereocenters. The van der Waals surface area contributed by atoms with Gasteiger partial charge in [0.25, 0.3) is 0 Å². The van der Waals surface area contributed by atoms with E-state index in [1.807, 2.05) is 12.1 Å². The Morgan fingerprint density at radius 1 is 1.04 bits per heavy atom. The van der Waals surface area contributed by atoms with Crippen LogP contribution in [0, 0.1) is 0 Å². The smallest absolute Gasteiger partial charge is 0.238 e. The minimum atomic E-state index is -3.74. The number of sulfonamides is 1. The second-order valence-electron chi connectivity index (χ2n) is 5.20. The van der Waals surface area contributed by atoms with Gasteiger partial charge in [-0.25, -0.2) is 13.6 Å². The molecule has 0 aliphatic carbocycles. The Hall–Kier alpha value is -2.55. The summed E-state index contributed by atoms with van der Waals surface area (Å²) in [4.78, 5) is 4.06. The van der Waals surface area contributed by atoms with Crippen molar-refractivity contribution in [3.63, 3.8) is 0 Å². The van der Waals surface area contributed by atoms with Gasteiger partial charge < -0.3 is 5.11 Å². The number of hydrogen-bond acceptors (Lipinski definition) is 5. The fourth-order valence-electron chi connectivity index (χ4n) is 2.51. The number of primary sulfonamides is 1. The Bertz CT molecular complexity index is 935. The summed E-state index contributed by atoms with van der Waals surface area (Å²) in [6.07, 6.45) is 3.79. The minimum absolute atomic E-state index is 0.00985. The number of aromatic nitrogens is 3. The predicted molar refractivity (Wildman–Crippen MR) is 89.4 cm³/mol. The molecule has 7 nitrogen and oxygen atoms in total. The fourth-order valence-corrected chi connectivity index (χ4v) is 3.03. The van der Waals surface area contributed by atoms with Crippen LogP contribution >= 0.6 is 0 Å². The molecule has 0 fully saturated rings. The molecule has 3 rings (SSSR count). The molecule has 0 radical (unpaired) electrons. The second kappa shape index (κ2) is 6.52. The van der Waals surface area contributed by atoms with Crippen molar-refractivity contribution in [2.45, 2.75) is 11.3 Å². The summed E-state index contributed by atoms with van der Waals surface area (Å²) in [6, 6.07) is 9.91. The van der Waals surface area contributed by atoms with Crippen LogP contribution in [-0.4, -0.2) is 35.3 Å². The zero-order valence-corrected chi connectivity index (χ0v) is 13.5. The molecule has 0 saturated heterocycles. The predicted octanol–water partition coefficient (Wildman–Crippen LogP) is 1.32. The van der Waals surface area contributed by atoms with Crippen LogP contribution in [0.3, 0.4) is 0 Å². The van der Waals surface area contributed by atoms with Gasteiger partial charge in [-0.1, -0.05) is 12.1 Å². The Labute approximate surface area is 139 Å². The van der Waals surface area contributed by atoms with Gasteiger partial charge in [-0.3, -0.25) is 10.1 Å². The lowest BCUT2D eigenvalue weighted by atomic mass is 9.99. The van der Waals surface area contributed by atoms with Crippen molar-refractivity contribution in [2.75, 3.05) is 6.61 Å². The van der Waals surface area contributed by atoms with Crippen LogP contribution in [0.1, 0.15) is 5.69 Å². The molecule has 124 valence electrons. The maximum Gasteiger partial charge on any atom is 0.238 e. The largest absolute Gasteiger partial charge is 0.396 e. The number of nitrogens with zero attached hydrogens (tertiary/aromatic N) is 2. The Balaban J connectivity index is 2.12. The van der Waals surface area contributed by atoms with Crippen LogP contribution < -0.4 is 5.14 Å². The highest BCUT2D eigenvalue weighted by Crippen LogP contribution is 2.33. The molecule has 1 aromatic carbocycles. The molecule has 3 aromatic rings. The number of hydrogen-bond donors (Lipinski definition) is 3. The SMILES string of the molecule is NS(=O)(=O)c1ccc(-c2n[nH]c(CCO)c2-c2ccncc2)cc1. The lowest BCUT2D eigenvalue weighted by Crippen LogP contribution is -2.11. The first kappa shape index (κ1) is 16.3. The number of aromatic amines is 1. The van der Waals surface area contributed by atoms with Gasteiger partial charge in [-0.05, 0) is 29.8 Å². The molecule has 0 amide bonds. The molecule has 0 aliphatic heterocycles. The average Bonchev–Trinajstić information content (AvgIpc) is 2.99. The maximum absolute atomic E-state index is 11.4. The van der Waals surface area contributed by atoms with Crippen LogP contribution in [0.4, 0.5) is 0 Å². The Morgan fingerprint density at radius 3 is 2.29 bits per heavy atom. The van der Waals surface area contributed by atoms with E-state index in [0.717, 1.165) is 22.4 Å². The van der Waals surface area contributed by atoms with Crippen molar-refractivity contribution in [2.24, 2.45) is 5.14 Å². The van der Waals surface area contributed by atoms with Gasteiger partial charge in [0.05, 0.1) is 4.90 Å². The fraction of sp³-hybridized carbons (Fsp3) is 0.125. The van der Waals surface area contributed by atoms with Gasteiger partial charge in [0.2, 0.25) is 10.0 Å². The van der Waals surface area contributed by atoms with E-state index in [1.54, 1.807) is 24.5 Å². The van der Waals surface area contributed by atoms with Gasteiger partial charge in [-0.2, -0.15) is 5.10 Å². The number of pyridine rings is 1. The number of nitrogens with two attached hydrogens (primary N) is 1. The zero-order chi connectivity index (χ0) is 17.2. The maximum atomic E-state index is 11.4. The van der Waals surface area contributed by atoms with Crippen molar-refractivity contribution in [3.8, 4) is 22.4 Å². The summed E-state index contributed by atoms with van der Waals surface area (Å²) in [6.45, 7) is -0.00985. The zero-order valence-electron chi connectivity index (χ0n) is 12.7. The second-order valence-corrected chi connectivity index (χ2v) is 6.77. The molecule has 8 heteroatoms. The molecular weight excluding hydrogens is 328 g/mol. The molecule has 0 saturated carbocycles. The highest BCUT2D eigenvalue weighted by atomic mass is 32.2. The molecule has 0 unspecified atom stereocenters. The summed E-state index contributed by atoms with van der Waals surface area (Å²) in [5.74, 6) is 0.